The first-order chi connectivity index (χ1) is 10.2. The van der Waals surface area contributed by atoms with E-state index >= 15 is 0 Å². The average molecular weight is 295 g/mol. The van der Waals surface area contributed by atoms with Gasteiger partial charge in [0.15, 0.2) is 0 Å². The van der Waals surface area contributed by atoms with Crippen molar-refractivity contribution in [2.75, 3.05) is 26.2 Å². The van der Waals surface area contributed by atoms with Crippen molar-refractivity contribution in [2.24, 2.45) is 5.92 Å². The fourth-order valence-electron chi connectivity index (χ4n) is 4.19. The molecule has 5 nitrogen and oxygen atoms in total. The van der Waals surface area contributed by atoms with Gasteiger partial charge < -0.3 is 15.7 Å². The van der Waals surface area contributed by atoms with Crippen LogP contribution in [0, 0.1) is 5.92 Å². The number of nitrogens with one attached hydrogen (secondary N) is 2. The highest BCUT2D eigenvalue weighted by Crippen LogP contribution is 2.28. The zero-order valence-electron chi connectivity index (χ0n) is 12.9. The highest BCUT2D eigenvalue weighted by atomic mass is 16.3. The van der Waals surface area contributed by atoms with Crippen LogP contribution in [0.1, 0.15) is 44.9 Å². The molecule has 2 saturated heterocycles. The van der Waals surface area contributed by atoms with Crippen molar-refractivity contribution in [3.63, 3.8) is 0 Å². The summed E-state index contributed by atoms with van der Waals surface area (Å²) in [5.74, 6) is 0.711. The molecule has 3 rings (SSSR count). The lowest BCUT2D eigenvalue weighted by atomic mass is 9.95. The van der Waals surface area contributed by atoms with Gasteiger partial charge >= 0.3 is 0 Å². The van der Waals surface area contributed by atoms with Crippen LogP contribution in [-0.4, -0.2) is 60.3 Å². The van der Waals surface area contributed by atoms with E-state index in [1.165, 1.54) is 12.8 Å². The molecule has 1 amide bonds. The highest BCUT2D eigenvalue weighted by molar-refractivity contribution is 5.81. The van der Waals surface area contributed by atoms with Crippen LogP contribution in [0.2, 0.25) is 0 Å². The Morgan fingerprint density at radius 1 is 1.19 bits per heavy atom. The summed E-state index contributed by atoms with van der Waals surface area (Å²) >= 11 is 0. The summed E-state index contributed by atoms with van der Waals surface area (Å²) in [5, 5.41) is 16.4. The molecule has 2 aliphatic heterocycles. The summed E-state index contributed by atoms with van der Waals surface area (Å²) in [5.41, 5.74) is 0. The lowest BCUT2D eigenvalue weighted by Crippen LogP contribution is -2.49. The van der Waals surface area contributed by atoms with E-state index in [0.717, 1.165) is 58.3 Å². The van der Waals surface area contributed by atoms with Crippen molar-refractivity contribution >= 4 is 5.91 Å². The van der Waals surface area contributed by atoms with Gasteiger partial charge in [-0.25, -0.2) is 0 Å². The highest BCUT2D eigenvalue weighted by Gasteiger charge is 2.33. The van der Waals surface area contributed by atoms with Gasteiger partial charge in [-0.1, -0.05) is 0 Å². The number of aliphatic hydroxyl groups excluding tert-OH is 1. The predicted molar refractivity (Wildman–Crippen MR) is 82.0 cm³/mol. The van der Waals surface area contributed by atoms with Gasteiger partial charge in [-0.05, 0) is 64.0 Å². The number of hydrogen-bond donors (Lipinski definition) is 3. The van der Waals surface area contributed by atoms with Gasteiger partial charge in [-0.3, -0.25) is 9.69 Å². The summed E-state index contributed by atoms with van der Waals surface area (Å²) in [7, 11) is 0. The number of hydrogen-bond acceptors (Lipinski definition) is 4. The average Bonchev–Trinajstić information content (AvgIpc) is 3.16. The molecule has 0 aromatic carbocycles. The molecule has 120 valence electrons. The molecule has 0 bridgehead atoms. The van der Waals surface area contributed by atoms with Crippen LogP contribution in [0.4, 0.5) is 0 Å². The first-order valence-electron chi connectivity index (χ1n) is 8.67. The van der Waals surface area contributed by atoms with Crippen LogP contribution in [0.3, 0.4) is 0 Å². The van der Waals surface area contributed by atoms with Crippen molar-refractivity contribution in [2.45, 2.75) is 63.1 Å². The van der Waals surface area contributed by atoms with E-state index in [0.29, 0.717) is 12.0 Å². The second-order valence-electron chi connectivity index (χ2n) is 6.96. The zero-order chi connectivity index (χ0) is 14.7. The molecule has 1 aliphatic carbocycles. The molecule has 4 unspecified atom stereocenters. The van der Waals surface area contributed by atoms with E-state index in [1.54, 1.807) is 0 Å². The minimum Gasteiger partial charge on any atom is -0.391 e. The molecule has 3 N–H and O–H groups in total. The normalized spacial score (nSPS) is 37.8. The number of carbonyl (C=O) groups excluding carboxylic acids is 1. The smallest absolute Gasteiger partial charge is 0.237 e. The lowest BCUT2D eigenvalue weighted by Gasteiger charge is -2.38. The molecule has 3 fully saturated rings. The third kappa shape index (κ3) is 3.76. The molecular weight excluding hydrogens is 266 g/mol. The lowest BCUT2D eigenvalue weighted by molar-refractivity contribution is -0.123. The SMILES string of the molecule is O=C(NCC1CCCN(C2CCCC2O)C1)C1CCCN1. The molecule has 0 radical (unpaired) electrons. The number of piperidine rings is 1. The Balaban J connectivity index is 1.44. The number of aliphatic hydroxyl groups is 1. The number of amides is 1. The maximum absolute atomic E-state index is 12.1. The van der Waals surface area contributed by atoms with Crippen molar-refractivity contribution in [1.82, 2.24) is 15.5 Å². The van der Waals surface area contributed by atoms with E-state index in [-0.39, 0.29) is 18.1 Å². The second-order valence-corrected chi connectivity index (χ2v) is 6.96. The van der Waals surface area contributed by atoms with E-state index < -0.39 is 0 Å². The Morgan fingerprint density at radius 3 is 2.81 bits per heavy atom. The van der Waals surface area contributed by atoms with Crippen LogP contribution in [-0.2, 0) is 4.79 Å². The molecule has 4 atom stereocenters. The first-order valence-corrected chi connectivity index (χ1v) is 8.67. The minimum absolute atomic E-state index is 0.0290. The quantitative estimate of drug-likeness (QED) is 0.706. The molecule has 0 aromatic heterocycles. The Hall–Kier alpha value is -0.650. The summed E-state index contributed by atoms with van der Waals surface area (Å²) in [6, 6.07) is 0.390. The fraction of sp³-hybridized carbons (Fsp3) is 0.938. The van der Waals surface area contributed by atoms with Crippen molar-refractivity contribution < 1.29 is 9.90 Å². The van der Waals surface area contributed by atoms with Gasteiger partial charge in [0.25, 0.3) is 0 Å². The van der Waals surface area contributed by atoms with Crippen LogP contribution >= 0.6 is 0 Å². The summed E-state index contributed by atoms with van der Waals surface area (Å²) in [4.78, 5) is 14.5. The Bertz CT molecular complexity index is 357. The summed E-state index contributed by atoms with van der Waals surface area (Å²) < 4.78 is 0. The fourth-order valence-corrected chi connectivity index (χ4v) is 4.19. The largest absolute Gasteiger partial charge is 0.391 e. The second kappa shape index (κ2) is 7.07. The molecule has 1 saturated carbocycles. The van der Waals surface area contributed by atoms with Gasteiger partial charge in [0.1, 0.15) is 0 Å². The maximum atomic E-state index is 12.1. The third-order valence-corrected chi connectivity index (χ3v) is 5.41. The predicted octanol–water partition coefficient (Wildman–Crippen LogP) is 0.480. The molecule has 5 heteroatoms. The van der Waals surface area contributed by atoms with Gasteiger partial charge in [-0.2, -0.15) is 0 Å². The monoisotopic (exact) mass is 295 g/mol. The van der Waals surface area contributed by atoms with Gasteiger partial charge in [0.2, 0.25) is 5.91 Å². The molecule has 0 aromatic rings. The first kappa shape index (κ1) is 15.3. The van der Waals surface area contributed by atoms with E-state index in [4.69, 9.17) is 0 Å². The van der Waals surface area contributed by atoms with Gasteiger partial charge in [0, 0.05) is 19.1 Å². The number of nitrogens with zero attached hydrogens (tertiary/aromatic N) is 1. The number of carbonyl (C=O) groups is 1. The molecule has 0 spiro atoms. The Morgan fingerprint density at radius 2 is 2.10 bits per heavy atom. The maximum Gasteiger partial charge on any atom is 0.237 e. The topological polar surface area (TPSA) is 64.6 Å². The van der Waals surface area contributed by atoms with E-state index in [2.05, 4.69) is 15.5 Å². The zero-order valence-corrected chi connectivity index (χ0v) is 12.9. The summed E-state index contributed by atoms with van der Waals surface area (Å²) in [6.07, 6.45) is 7.55. The van der Waals surface area contributed by atoms with E-state index in [1.807, 2.05) is 0 Å². The number of rotatable bonds is 4. The van der Waals surface area contributed by atoms with Crippen LogP contribution in [0.25, 0.3) is 0 Å². The van der Waals surface area contributed by atoms with Crippen molar-refractivity contribution in [3.8, 4) is 0 Å². The molecule has 2 heterocycles. The van der Waals surface area contributed by atoms with E-state index in [9.17, 15) is 9.90 Å². The molecular formula is C16H29N3O2. The standard InChI is InChI=1S/C16H29N3O2/c20-15-7-1-6-14(15)19-9-3-4-12(11-19)10-18-16(21)13-5-2-8-17-13/h12-15,17,20H,1-11H2,(H,18,21). The minimum atomic E-state index is -0.138. The summed E-state index contributed by atoms with van der Waals surface area (Å²) in [6.45, 7) is 3.89. The molecule has 21 heavy (non-hydrogen) atoms. The number of likely N-dealkylation sites (tertiary alicyclic amines) is 1. The van der Waals surface area contributed by atoms with Crippen molar-refractivity contribution in [3.05, 3.63) is 0 Å². The van der Waals surface area contributed by atoms with Crippen LogP contribution in [0.5, 0.6) is 0 Å². The Kier molecular flexibility index (Phi) is 5.14. The van der Waals surface area contributed by atoms with Crippen molar-refractivity contribution in [1.29, 1.82) is 0 Å². The van der Waals surface area contributed by atoms with Crippen LogP contribution in [0.15, 0.2) is 0 Å². The third-order valence-electron chi connectivity index (χ3n) is 5.41. The Labute approximate surface area is 127 Å². The van der Waals surface area contributed by atoms with Gasteiger partial charge in [-0.15, -0.1) is 0 Å². The van der Waals surface area contributed by atoms with Gasteiger partial charge in [0.05, 0.1) is 12.1 Å². The molecule has 3 aliphatic rings. The van der Waals surface area contributed by atoms with Crippen LogP contribution < -0.4 is 10.6 Å².